The molecule has 1 aliphatic carbocycles. The molecule has 0 radical (unpaired) electrons. The molecule has 4 heterocycles. The zero-order valence-electron chi connectivity index (χ0n) is 21.4. The predicted molar refractivity (Wildman–Crippen MR) is 139 cm³/mol. The topological polar surface area (TPSA) is 118 Å². The van der Waals surface area contributed by atoms with Gasteiger partial charge in [0.15, 0.2) is 0 Å². The average molecular weight is 506 g/mol. The smallest absolute Gasteiger partial charge is 0.269 e. The van der Waals surface area contributed by atoms with Crippen LogP contribution in [0.4, 0.5) is 11.5 Å². The van der Waals surface area contributed by atoms with Crippen molar-refractivity contribution in [1.29, 1.82) is 5.26 Å². The second kappa shape index (κ2) is 11.3. The molecule has 10 nitrogen and oxygen atoms in total. The number of rotatable bonds is 6. The number of amides is 1. The molecule has 3 fully saturated rings. The van der Waals surface area contributed by atoms with Gasteiger partial charge in [-0.05, 0) is 51.2 Å². The van der Waals surface area contributed by atoms with E-state index in [-0.39, 0.29) is 29.5 Å². The number of carbonyl (C=O) groups excluding carboxylic acids is 1. The molecule has 2 aromatic rings. The fourth-order valence-corrected chi connectivity index (χ4v) is 5.89. The second-order valence-corrected chi connectivity index (χ2v) is 10.3. The number of hydrogen-bond donors (Lipinski definition) is 1. The van der Waals surface area contributed by atoms with E-state index < -0.39 is 0 Å². The van der Waals surface area contributed by atoms with Crippen molar-refractivity contribution >= 4 is 17.4 Å². The Bertz CT molecular complexity index is 1180. The molecule has 0 unspecified atom stereocenters. The van der Waals surface area contributed by atoms with E-state index in [4.69, 9.17) is 10.00 Å². The van der Waals surface area contributed by atoms with Crippen LogP contribution in [0.3, 0.4) is 0 Å². The lowest BCUT2D eigenvalue weighted by molar-refractivity contribution is -0.139. The number of aromatic amines is 1. The Hall–Kier alpha value is -3.45. The van der Waals surface area contributed by atoms with Crippen molar-refractivity contribution in [1.82, 2.24) is 20.1 Å². The van der Waals surface area contributed by atoms with Crippen molar-refractivity contribution in [2.75, 3.05) is 49.1 Å². The van der Waals surface area contributed by atoms with E-state index >= 15 is 0 Å². The Labute approximate surface area is 217 Å². The molecule has 1 N–H and O–H groups in total. The van der Waals surface area contributed by atoms with Gasteiger partial charge in [0.1, 0.15) is 11.9 Å². The van der Waals surface area contributed by atoms with Gasteiger partial charge in [-0.15, -0.1) is 0 Å². The Morgan fingerprint density at radius 3 is 2.73 bits per heavy atom. The van der Waals surface area contributed by atoms with Crippen LogP contribution < -0.4 is 15.4 Å². The van der Waals surface area contributed by atoms with Crippen molar-refractivity contribution in [3.05, 3.63) is 46.0 Å². The molecule has 5 rings (SSSR count). The third-order valence-electron chi connectivity index (χ3n) is 8.06. The number of ether oxygens (including phenoxy) is 1. The molecule has 10 heteroatoms. The summed E-state index contributed by atoms with van der Waals surface area (Å²) in [6.07, 6.45) is 9.20. The van der Waals surface area contributed by atoms with E-state index in [1.807, 2.05) is 17.9 Å². The first-order valence-electron chi connectivity index (χ1n) is 13.4. The van der Waals surface area contributed by atoms with Crippen LogP contribution >= 0.6 is 0 Å². The van der Waals surface area contributed by atoms with Gasteiger partial charge in [-0.2, -0.15) is 10.4 Å². The summed E-state index contributed by atoms with van der Waals surface area (Å²) in [7, 11) is 0. The summed E-state index contributed by atoms with van der Waals surface area (Å²) >= 11 is 0. The van der Waals surface area contributed by atoms with E-state index in [0.29, 0.717) is 30.8 Å². The number of anilines is 2. The molecular weight excluding hydrogens is 470 g/mol. The van der Waals surface area contributed by atoms with E-state index in [2.05, 4.69) is 31.1 Å². The molecule has 1 saturated carbocycles. The number of piperazine rings is 1. The lowest BCUT2D eigenvalue weighted by atomic mass is 9.86. The Morgan fingerprint density at radius 1 is 1.14 bits per heavy atom. The van der Waals surface area contributed by atoms with Gasteiger partial charge in [0.25, 0.3) is 5.56 Å². The van der Waals surface area contributed by atoms with Crippen LogP contribution in [0.25, 0.3) is 0 Å². The number of aromatic nitrogens is 3. The standard InChI is InChI=1S/C27H35N7O3/c1-19-24(17-30-31-26(19)35)34-9-3-5-22(34)18-37-23-6-2-4-21(14-23)27(36)33-12-10-32(11-13-33)25-8-7-20(15-28)16-29-25/h7-8,16-17,21-23H,2-6,9-14,18H2,1H3,(H,31,35)/t21-,22+,23+/m1/s1. The third-order valence-corrected chi connectivity index (χ3v) is 8.06. The van der Waals surface area contributed by atoms with Crippen molar-refractivity contribution in [3.63, 3.8) is 0 Å². The van der Waals surface area contributed by atoms with Crippen molar-refractivity contribution in [3.8, 4) is 6.07 Å². The van der Waals surface area contributed by atoms with Crippen LogP contribution in [0.2, 0.25) is 0 Å². The molecule has 3 atom stereocenters. The monoisotopic (exact) mass is 505 g/mol. The quantitative estimate of drug-likeness (QED) is 0.635. The lowest BCUT2D eigenvalue weighted by Gasteiger charge is -2.38. The first-order chi connectivity index (χ1) is 18.0. The molecule has 196 valence electrons. The van der Waals surface area contributed by atoms with Crippen LogP contribution in [-0.4, -0.2) is 77.5 Å². The molecule has 0 bridgehead atoms. The molecule has 3 aliphatic rings. The van der Waals surface area contributed by atoms with Crippen LogP contribution in [0.1, 0.15) is 49.7 Å². The highest BCUT2D eigenvalue weighted by molar-refractivity contribution is 5.79. The van der Waals surface area contributed by atoms with E-state index in [1.54, 1.807) is 18.5 Å². The van der Waals surface area contributed by atoms with Crippen LogP contribution in [0.5, 0.6) is 0 Å². The zero-order chi connectivity index (χ0) is 25.8. The minimum atomic E-state index is -0.147. The van der Waals surface area contributed by atoms with Gasteiger partial charge in [-0.3, -0.25) is 9.59 Å². The fraction of sp³-hybridized carbons (Fsp3) is 0.593. The molecule has 2 aromatic heterocycles. The normalized spacial score (nSPS) is 24.2. The Balaban J connectivity index is 1.12. The molecule has 2 aliphatic heterocycles. The number of hydrogen-bond acceptors (Lipinski definition) is 8. The molecule has 1 amide bonds. The summed E-state index contributed by atoms with van der Waals surface area (Å²) in [4.78, 5) is 36.2. The maximum absolute atomic E-state index is 13.3. The SMILES string of the molecule is Cc1c(N2CCC[C@H]2CO[C@H]2CCC[C@@H](C(=O)N3CCN(c4ccc(C#N)cn4)CC3)C2)cn[nH]c1=O. The predicted octanol–water partition coefficient (Wildman–Crippen LogP) is 2.24. The summed E-state index contributed by atoms with van der Waals surface area (Å²) in [5, 5.41) is 15.5. The van der Waals surface area contributed by atoms with E-state index in [1.165, 1.54) is 0 Å². The highest BCUT2D eigenvalue weighted by atomic mass is 16.5. The Morgan fingerprint density at radius 2 is 1.97 bits per heavy atom. The zero-order valence-corrected chi connectivity index (χ0v) is 21.4. The van der Waals surface area contributed by atoms with Gasteiger partial charge in [0, 0.05) is 50.4 Å². The highest BCUT2D eigenvalue weighted by Crippen LogP contribution is 2.31. The minimum Gasteiger partial charge on any atom is -0.376 e. The molecule has 2 saturated heterocycles. The summed E-state index contributed by atoms with van der Waals surface area (Å²) < 4.78 is 6.39. The van der Waals surface area contributed by atoms with Gasteiger partial charge in [-0.1, -0.05) is 6.42 Å². The van der Waals surface area contributed by atoms with Gasteiger partial charge < -0.3 is 19.4 Å². The number of nitrogens with one attached hydrogen (secondary N) is 1. The number of H-pyrrole nitrogens is 1. The first-order valence-corrected chi connectivity index (χ1v) is 13.4. The van der Waals surface area contributed by atoms with Crippen molar-refractivity contribution < 1.29 is 9.53 Å². The largest absolute Gasteiger partial charge is 0.376 e. The van der Waals surface area contributed by atoms with E-state index in [9.17, 15) is 9.59 Å². The maximum atomic E-state index is 13.3. The van der Waals surface area contributed by atoms with Gasteiger partial charge in [0.2, 0.25) is 5.91 Å². The molecular formula is C27H35N7O3. The van der Waals surface area contributed by atoms with Crippen LogP contribution in [-0.2, 0) is 9.53 Å². The minimum absolute atomic E-state index is 0.0112. The highest BCUT2D eigenvalue weighted by Gasteiger charge is 2.34. The van der Waals surface area contributed by atoms with Crippen molar-refractivity contribution in [2.45, 2.75) is 57.6 Å². The van der Waals surface area contributed by atoms with E-state index in [0.717, 1.165) is 69.7 Å². The molecule has 0 aromatic carbocycles. The maximum Gasteiger partial charge on any atom is 0.269 e. The summed E-state index contributed by atoms with van der Waals surface area (Å²) in [6, 6.07) is 5.98. The summed E-state index contributed by atoms with van der Waals surface area (Å²) in [5.41, 5.74) is 1.99. The van der Waals surface area contributed by atoms with Gasteiger partial charge in [0.05, 0.1) is 36.2 Å². The first kappa shape index (κ1) is 25.2. The lowest BCUT2D eigenvalue weighted by Crippen LogP contribution is -2.51. The van der Waals surface area contributed by atoms with Crippen LogP contribution in [0, 0.1) is 24.2 Å². The number of carbonyl (C=O) groups is 1. The second-order valence-electron chi connectivity index (χ2n) is 10.3. The van der Waals surface area contributed by atoms with Crippen molar-refractivity contribution in [2.24, 2.45) is 5.92 Å². The molecule has 37 heavy (non-hydrogen) atoms. The van der Waals surface area contributed by atoms with Gasteiger partial charge in [-0.25, -0.2) is 10.1 Å². The number of nitriles is 1. The summed E-state index contributed by atoms with van der Waals surface area (Å²) in [5.74, 6) is 1.11. The summed E-state index contributed by atoms with van der Waals surface area (Å²) in [6.45, 7) is 6.19. The Kier molecular flexibility index (Phi) is 7.70. The fourth-order valence-electron chi connectivity index (χ4n) is 5.89. The number of pyridine rings is 1. The average Bonchev–Trinajstić information content (AvgIpc) is 3.42. The number of nitrogens with zero attached hydrogens (tertiary/aromatic N) is 6. The van der Waals surface area contributed by atoms with Crippen LogP contribution in [0.15, 0.2) is 29.3 Å². The van der Waals surface area contributed by atoms with Gasteiger partial charge >= 0.3 is 0 Å². The third kappa shape index (κ3) is 5.62. The molecule has 0 spiro atoms.